The van der Waals surface area contributed by atoms with Crippen LogP contribution >= 0.6 is 0 Å². The lowest BCUT2D eigenvalue weighted by atomic mass is 10.2. The van der Waals surface area contributed by atoms with Gasteiger partial charge < -0.3 is 15.4 Å². The van der Waals surface area contributed by atoms with Gasteiger partial charge in [0.05, 0.1) is 13.2 Å². The van der Waals surface area contributed by atoms with E-state index in [0.717, 1.165) is 13.2 Å². The molecule has 0 bridgehead atoms. The van der Waals surface area contributed by atoms with Gasteiger partial charge in [0.2, 0.25) is 5.91 Å². The predicted octanol–water partition coefficient (Wildman–Crippen LogP) is -0.622. The van der Waals surface area contributed by atoms with Crippen LogP contribution in [0.5, 0.6) is 0 Å². The molecular weight excluding hydrogens is 220 g/mol. The van der Waals surface area contributed by atoms with Crippen molar-refractivity contribution in [3.63, 3.8) is 0 Å². The Labute approximate surface area is 100 Å². The highest BCUT2D eigenvalue weighted by Crippen LogP contribution is 1.93. The van der Waals surface area contributed by atoms with Crippen LogP contribution in [0.4, 0.5) is 0 Å². The highest BCUT2D eigenvalue weighted by molar-refractivity contribution is 5.75. The quantitative estimate of drug-likeness (QED) is 0.717. The van der Waals surface area contributed by atoms with Crippen LogP contribution in [0.15, 0.2) is 18.5 Å². The van der Waals surface area contributed by atoms with Gasteiger partial charge in [-0.2, -0.15) is 5.10 Å². The maximum atomic E-state index is 11.6. The van der Waals surface area contributed by atoms with E-state index in [2.05, 4.69) is 15.7 Å². The normalized spacial score (nSPS) is 20.1. The summed E-state index contributed by atoms with van der Waals surface area (Å²) in [6.07, 6.45) is 4.01. The molecule has 0 radical (unpaired) electrons. The van der Waals surface area contributed by atoms with Crippen molar-refractivity contribution >= 4 is 5.91 Å². The van der Waals surface area contributed by atoms with Crippen molar-refractivity contribution < 1.29 is 9.53 Å². The van der Waals surface area contributed by atoms with Gasteiger partial charge in [-0.25, -0.2) is 0 Å². The van der Waals surface area contributed by atoms with Crippen LogP contribution in [0.3, 0.4) is 0 Å². The monoisotopic (exact) mass is 238 g/mol. The third-order valence-corrected chi connectivity index (χ3v) is 2.67. The molecule has 0 aromatic carbocycles. The summed E-state index contributed by atoms with van der Waals surface area (Å²) < 4.78 is 7.06. The Morgan fingerprint density at radius 3 is 3.29 bits per heavy atom. The SMILES string of the molecule is O=C(CCn1cccn1)NCC1COCCN1. The van der Waals surface area contributed by atoms with Gasteiger partial charge in [-0.15, -0.1) is 0 Å². The van der Waals surface area contributed by atoms with E-state index in [1.807, 2.05) is 12.3 Å². The number of hydrogen-bond acceptors (Lipinski definition) is 4. The van der Waals surface area contributed by atoms with Crippen LogP contribution in [0.1, 0.15) is 6.42 Å². The molecule has 6 heteroatoms. The van der Waals surface area contributed by atoms with E-state index >= 15 is 0 Å². The molecule has 0 saturated carbocycles. The molecule has 1 aliphatic heterocycles. The number of nitrogens with one attached hydrogen (secondary N) is 2. The highest BCUT2D eigenvalue weighted by atomic mass is 16.5. The number of rotatable bonds is 5. The lowest BCUT2D eigenvalue weighted by Crippen LogP contribution is -2.48. The minimum atomic E-state index is 0.0490. The third kappa shape index (κ3) is 4.16. The number of hydrogen-bond donors (Lipinski definition) is 2. The molecule has 1 unspecified atom stereocenters. The van der Waals surface area contributed by atoms with Crippen LogP contribution in [0.2, 0.25) is 0 Å². The van der Waals surface area contributed by atoms with Crippen molar-refractivity contribution in [1.82, 2.24) is 20.4 Å². The van der Waals surface area contributed by atoms with Gasteiger partial charge in [0, 0.05) is 44.5 Å². The number of nitrogens with zero attached hydrogens (tertiary/aromatic N) is 2. The molecule has 1 fully saturated rings. The van der Waals surface area contributed by atoms with Crippen molar-refractivity contribution in [3.05, 3.63) is 18.5 Å². The molecule has 1 aromatic rings. The topological polar surface area (TPSA) is 68.2 Å². The van der Waals surface area contributed by atoms with E-state index in [0.29, 0.717) is 26.1 Å². The van der Waals surface area contributed by atoms with Gasteiger partial charge in [-0.1, -0.05) is 0 Å². The molecule has 1 atom stereocenters. The second-order valence-corrected chi connectivity index (χ2v) is 4.05. The third-order valence-electron chi connectivity index (χ3n) is 2.67. The van der Waals surface area contributed by atoms with Crippen molar-refractivity contribution in [3.8, 4) is 0 Å². The maximum Gasteiger partial charge on any atom is 0.221 e. The van der Waals surface area contributed by atoms with Gasteiger partial charge in [0.1, 0.15) is 0 Å². The molecule has 1 aliphatic rings. The Bertz CT molecular complexity index is 333. The predicted molar refractivity (Wildman–Crippen MR) is 62.5 cm³/mol. The van der Waals surface area contributed by atoms with Gasteiger partial charge >= 0.3 is 0 Å². The second-order valence-electron chi connectivity index (χ2n) is 4.05. The van der Waals surface area contributed by atoms with Crippen LogP contribution < -0.4 is 10.6 Å². The summed E-state index contributed by atoms with van der Waals surface area (Å²) in [6.45, 7) is 3.52. The molecule has 0 aliphatic carbocycles. The molecule has 6 nitrogen and oxygen atoms in total. The van der Waals surface area contributed by atoms with Gasteiger partial charge in [0.25, 0.3) is 0 Å². The van der Waals surface area contributed by atoms with Crippen LogP contribution in [0.25, 0.3) is 0 Å². The summed E-state index contributed by atoms with van der Waals surface area (Å²) in [5.41, 5.74) is 0. The number of aromatic nitrogens is 2. The van der Waals surface area contributed by atoms with Crippen molar-refractivity contribution in [2.45, 2.75) is 19.0 Å². The number of carbonyl (C=O) groups is 1. The van der Waals surface area contributed by atoms with E-state index in [1.165, 1.54) is 0 Å². The second kappa shape index (κ2) is 6.36. The molecule has 17 heavy (non-hydrogen) atoms. The fourth-order valence-electron chi connectivity index (χ4n) is 1.73. The Morgan fingerprint density at radius 1 is 1.65 bits per heavy atom. The zero-order valence-electron chi connectivity index (χ0n) is 9.76. The summed E-state index contributed by atoms with van der Waals surface area (Å²) in [4.78, 5) is 11.6. The summed E-state index contributed by atoms with van der Waals surface area (Å²) in [5.74, 6) is 0.0490. The van der Waals surface area contributed by atoms with Crippen LogP contribution in [0, 0.1) is 0 Å². The van der Waals surface area contributed by atoms with Crippen LogP contribution in [-0.2, 0) is 16.1 Å². The van der Waals surface area contributed by atoms with E-state index < -0.39 is 0 Å². The number of morpholine rings is 1. The highest BCUT2D eigenvalue weighted by Gasteiger charge is 2.13. The Morgan fingerprint density at radius 2 is 2.59 bits per heavy atom. The Balaban J connectivity index is 1.60. The number of amides is 1. The van der Waals surface area contributed by atoms with Crippen LogP contribution in [-0.4, -0.2) is 48.0 Å². The largest absolute Gasteiger partial charge is 0.378 e. The summed E-state index contributed by atoms with van der Waals surface area (Å²) in [6, 6.07) is 2.08. The number of carbonyl (C=O) groups excluding carboxylic acids is 1. The molecule has 94 valence electrons. The first-order valence-electron chi connectivity index (χ1n) is 5.90. The average molecular weight is 238 g/mol. The fourth-order valence-corrected chi connectivity index (χ4v) is 1.73. The molecule has 2 heterocycles. The summed E-state index contributed by atoms with van der Waals surface area (Å²) in [7, 11) is 0. The Kier molecular flexibility index (Phi) is 4.52. The maximum absolute atomic E-state index is 11.6. The first-order valence-corrected chi connectivity index (χ1v) is 5.90. The minimum absolute atomic E-state index is 0.0490. The van der Waals surface area contributed by atoms with E-state index in [-0.39, 0.29) is 11.9 Å². The first kappa shape index (κ1) is 12.1. The Hall–Kier alpha value is -1.40. The smallest absolute Gasteiger partial charge is 0.221 e. The van der Waals surface area contributed by atoms with Crippen molar-refractivity contribution in [1.29, 1.82) is 0 Å². The van der Waals surface area contributed by atoms with Crippen molar-refractivity contribution in [2.75, 3.05) is 26.3 Å². The lowest BCUT2D eigenvalue weighted by molar-refractivity contribution is -0.121. The first-order chi connectivity index (χ1) is 8.34. The minimum Gasteiger partial charge on any atom is -0.378 e. The van der Waals surface area contributed by atoms with E-state index in [1.54, 1.807) is 10.9 Å². The lowest BCUT2D eigenvalue weighted by Gasteiger charge is -2.23. The molecule has 1 amide bonds. The molecule has 2 N–H and O–H groups in total. The molecule has 2 rings (SSSR count). The molecular formula is C11H18N4O2. The van der Waals surface area contributed by atoms with Gasteiger partial charge in [-0.3, -0.25) is 9.48 Å². The number of ether oxygens (including phenoxy) is 1. The molecule has 0 spiro atoms. The van der Waals surface area contributed by atoms with Gasteiger partial charge in [-0.05, 0) is 6.07 Å². The molecule has 1 saturated heterocycles. The van der Waals surface area contributed by atoms with E-state index in [4.69, 9.17) is 4.74 Å². The summed E-state index contributed by atoms with van der Waals surface area (Å²) >= 11 is 0. The summed E-state index contributed by atoms with van der Waals surface area (Å²) in [5, 5.41) is 10.2. The van der Waals surface area contributed by atoms with Crippen molar-refractivity contribution in [2.24, 2.45) is 0 Å². The van der Waals surface area contributed by atoms with Gasteiger partial charge in [0.15, 0.2) is 0 Å². The average Bonchev–Trinajstić information content (AvgIpc) is 2.88. The standard InChI is InChI=1S/C11H18N4O2/c16-11(2-6-15-5-1-3-14-15)13-8-10-9-17-7-4-12-10/h1,3,5,10,12H,2,4,6-9H2,(H,13,16). The number of aryl methyl sites for hydroxylation is 1. The fraction of sp³-hybridized carbons (Fsp3) is 0.636. The zero-order chi connectivity index (χ0) is 11.9. The zero-order valence-corrected chi connectivity index (χ0v) is 9.76. The van der Waals surface area contributed by atoms with E-state index in [9.17, 15) is 4.79 Å². The molecule has 1 aromatic heterocycles.